The molecule has 2 aliphatic rings. The molecular formula is C21H23ClN2O2S. The third-order valence-corrected chi connectivity index (χ3v) is 7.60. The van der Waals surface area contributed by atoms with Gasteiger partial charge >= 0.3 is 0 Å². The van der Waals surface area contributed by atoms with Gasteiger partial charge in [-0.2, -0.15) is 0 Å². The van der Waals surface area contributed by atoms with Crippen LogP contribution in [0.2, 0.25) is 5.02 Å². The van der Waals surface area contributed by atoms with E-state index in [0.29, 0.717) is 18.0 Å². The summed E-state index contributed by atoms with van der Waals surface area (Å²) >= 11 is 5.86. The fourth-order valence-corrected chi connectivity index (χ4v) is 5.72. The Balaban J connectivity index is 1.57. The first-order chi connectivity index (χ1) is 12.9. The van der Waals surface area contributed by atoms with Crippen molar-refractivity contribution in [3.05, 3.63) is 71.3 Å². The molecule has 0 spiro atoms. The van der Waals surface area contributed by atoms with E-state index < -0.39 is 10.0 Å². The largest absolute Gasteiger partial charge is 0.381 e. The summed E-state index contributed by atoms with van der Waals surface area (Å²) in [4.78, 5) is 0.230. The Kier molecular flexibility index (Phi) is 4.78. The summed E-state index contributed by atoms with van der Waals surface area (Å²) in [6.07, 6.45) is 3.85. The van der Waals surface area contributed by atoms with Gasteiger partial charge in [-0.25, -0.2) is 13.1 Å². The molecule has 0 bridgehead atoms. The number of hydrogen-bond donors (Lipinski definition) is 2. The van der Waals surface area contributed by atoms with Crippen molar-refractivity contribution in [2.45, 2.75) is 42.0 Å². The maximum absolute atomic E-state index is 12.6. The third-order valence-electron chi connectivity index (χ3n) is 5.87. The first-order valence-corrected chi connectivity index (χ1v) is 11.1. The lowest BCUT2D eigenvalue weighted by Gasteiger charge is -2.42. The number of sulfonamides is 1. The normalized spacial score (nSPS) is 24.2. The van der Waals surface area contributed by atoms with Gasteiger partial charge in [0.25, 0.3) is 0 Å². The van der Waals surface area contributed by atoms with Crippen molar-refractivity contribution in [2.75, 3.05) is 11.9 Å². The molecule has 2 N–H and O–H groups in total. The monoisotopic (exact) mass is 402 g/mol. The topological polar surface area (TPSA) is 58.2 Å². The Morgan fingerprint density at radius 1 is 1.19 bits per heavy atom. The van der Waals surface area contributed by atoms with Crippen LogP contribution in [0, 0.1) is 0 Å². The van der Waals surface area contributed by atoms with Crippen molar-refractivity contribution in [3.63, 3.8) is 0 Å². The van der Waals surface area contributed by atoms with Gasteiger partial charge in [0.15, 0.2) is 0 Å². The minimum atomic E-state index is -3.56. The second kappa shape index (κ2) is 6.97. The number of fused-ring (bicyclic) bond motifs is 3. The van der Waals surface area contributed by atoms with E-state index in [1.54, 1.807) is 12.1 Å². The highest BCUT2D eigenvalue weighted by Crippen LogP contribution is 2.52. The van der Waals surface area contributed by atoms with E-state index in [-0.39, 0.29) is 16.4 Å². The van der Waals surface area contributed by atoms with E-state index in [2.05, 4.69) is 28.8 Å². The highest BCUT2D eigenvalue weighted by molar-refractivity contribution is 7.89. The Hall–Kier alpha value is -1.82. The zero-order valence-corrected chi connectivity index (χ0v) is 16.6. The van der Waals surface area contributed by atoms with Crippen LogP contribution in [0.1, 0.15) is 31.2 Å². The van der Waals surface area contributed by atoms with E-state index in [1.807, 2.05) is 12.1 Å². The Morgan fingerprint density at radius 2 is 1.93 bits per heavy atom. The summed E-state index contributed by atoms with van der Waals surface area (Å²) in [7, 11) is -3.56. The second-order valence-corrected chi connectivity index (χ2v) is 9.51. The van der Waals surface area contributed by atoms with E-state index >= 15 is 0 Å². The van der Waals surface area contributed by atoms with E-state index in [0.717, 1.165) is 24.9 Å². The van der Waals surface area contributed by atoms with E-state index in [1.165, 1.54) is 23.3 Å². The van der Waals surface area contributed by atoms with Crippen LogP contribution in [-0.4, -0.2) is 21.0 Å². The van der Waals surface area contributed by atoms with Crippen molar-refractivity contribution in [1.29, 1.82) is 0 Å². The molecule has 1 aliphatic carbocycles. The molecule has 0 saturated heterocycles. The number of halogens is 1. The Morgan fingerprint density at radius 3 is 2.70 bits per heavy atom. The first-order valence-electron chi connectivity index (χ1n) is 9.23. The van der Waals surface area contributed by atoms with Crippen LogP contribution < -0.4 is 10.0 Å². The molecule has 142 valence electrons. The SMILES string of the molecule is C=C1CCCC2Nc3ccccc3C12CCNS(=O)(=O)c1ccc(Cl)cc1. The second-order valence-electron chi connectivity index (χ2n) is 7.31. The number of hydrogen-bond acceptors (Lipinski definition) is 3. The third kappa shape index (κ3) is 3.18. The molecule has 2 aromatic rings. The molecule has 1 saturated carbocycles. The quantitative estimate of drug-likeness (QED) is 0.725. The van der Waals surface area contributed by atoms with Crippen molar-refractivity contribution < 1.29 is 8.42 Å². The highest BCUT2D eigenvalue weighted by atomic mass is 35.5. The standard InChI is InChI=1S/C21H23ClN2O2S/c1-15-5-4-8-20-21(15,18-6-2-3-7-19(18)24-20)13-14-23-27(25,26)17-11-9-16(22)10-12-17/h2-3,6-7,9-12,20,23-24H,1,4-5,8,13-14H2. The highest BCUT2D eigenvalue weighted by Gasteiger charge is 2.49. The zero-order chi connectivity index (χ0) is 19.1. The van der Waals surface area contributed by atoms with Gasteiger partial charge in [0, 0.05) is 28.7 Å². The average Bonchev–Trinajstić information content (AvgIpc) is 2.98. The number of para-hydroxylation sites is 1. The summed E-state index contributed by atoms with van der Waals surface area (Å²) in [5, 5.41) is 4.16. The fourth-order valence-electron chi connectivity index (χ4n) is 4.56. The molecule has 1 aliphatic heterocycles. The molecule has 0 amide bonds. The maximum atomic E-state index is 12.6. The zero-order valence-electron chi connectivity index (χ0n) is 15.0. The van der Waals surface area contributed by atoms with Gasteiger partial charge in [-0.3, -0.25) is 0 Å². The van der Waals surface area contributed by atoms with Gasteiger partial charge in [0.05, 0.1) is 4.90 Å². The van der Waals surface area contributed by atoms with Crippen molar-refractivity contribution in [3.8, 4) is 0 Å². The van der Waals surface area contributed by atoms with Gasteiger partial charge in [-0.05, 0) is 61.6 Å². The molecule has 2 aromatic carbocycles. The summed E-state index contributed by atoms with van der Waals surface area (Å²) in [6, 6.07) is 14.8. The molecule has 4 nitrogen and oxygen atoms in total. The molecule has 2 unspecified atom stereocenters. The van der Waals surface area contributed by atoms with Gasteiger partial charge in [-0.1, -0.05) is 42.0 Å². The Bertz CT molecular complexity index is 972. The number of nitrogens with one attached hydrogen (secondary N) is 2. The minimum absolute atomic E-state index is 0.211. The lowest BCUT2D eigenvalue weighted by molar-refractivity contribution is 0.344. The molecule has 0 aromatic heterocycles. The molecular weight excluding hydrogens is 380 g/mol. The van der Waals surface area contributed by atoms with Crippen LogP contribution in [0.3, 0.4) is 0 Å². The number of benzene rings is 2. The molecule has 6 heteroatoms. The predicted octanol–water partition coefficient (Wildman–Crippen LogP) is 4.48. The summed E-state index contributed by atoms with van der Waals surface area (Å²) < 4.78 is 28.0. The minimum Gasteiger partial charge on any atom is -0.381 e. The van der Waals surface area contributed by atoms with Crippen LogP contribution in [-0.2, 0) is 15.4 Å². The van der Waals surface area contributed by atoms with Crippen LogP contribution in [0.15, 0.2) is 65.6 Å². The summed E-state index contributed by atoms with van der Waals surface area (Å²) in [5.74, 6) is 0. The Labute approximate surface area is 165 Å². The van der Waals surface area contributed by atoms with Crippen molar-refractivity contribution in [1.82, 2.24) is 4.72 Å². The van der Waals surface area contributed by atoms with Crippen LogP contribution in [0.5, 0.6) is 0 Å². The smallest absolute Gasteiger partial charge is 0.240 e. The maximum Gasteiger partial charge on any atom is 0.240 e. The predicted molar refractivity (Wildman–Crippen MR) is 110 cm³/mol. The van der Waals surface area contributed by atoms with Crippen LogP contribution in [0.4, 0.5) is 5.69 Å². The fraction of sp³-hybridized carbons (Fsp3) is 0.333. The molecule has 0 radical (unpaired) electrons. The number of rotatable bonds is 5. The van der Waals surface area contributed by atoms with Crippen molar-refractivity contribution >= 4 is 27.3 Å². The van der Waals surface area contributed by atoms with Crippen LogP contribution >= 0.6 is 11.6 Å². The summed E-state index contributed by atoms with van der Waals surface area (Å²) in [5.41, 5.74) is 3.37. The van der Waals surface area contributed by atoms with Gasteiger partial charge in [0.2, 0.25) is 10.0 Å². The average molecular weight is 403 g/mol. The molecule has 2 atom stereocenters. The lowest BCUT2D eigenvalue weighted by Crippen LogP contribution is -2.45. The molecule has 27 heavy (non-hydrogen) atoms. The molecule has 4 rings (SSSR count). The number of anilines is 1. The molecule has 1 fully saturated rings. The van der Waals surface area contributed by atoms with E-state index in [4.69, 9.17) is 11.6 Å². The van der Waals surface area contributed by atoms with Gasteiger partial charge in [-0.15, -0.1) is 0 Å². The first kappa shape index (κ1) is 18.5. The summed E-state index contributed by atoms with van der Waals surface area (Å²) in [6.45, 7) is 4.74. The van der Waals surface area contributed by atoms with Crippen molar-refractivity contribution in [2.24, 2.45) is 0 Å². The van der Waals surface area contributed by atoms with Gasteiger partial charge < -0.3 is 5.32 Å². The van der Waals surface area contributed by atoms with Crippen LogP contribution in [0.25, 0.3) is 0 Å². The van der Waals surface area contributed by atoms with E-state index in [9.17, 15) is 8.42 Å². The lowest BCUT2D eigenvalue weighted by atomic mass is 9.63. The molecule has 1 heterocycles. The van der Waals surface area contributed by atoms with Gasteiger partial charge in [0.1, 0.15) is 0 Å².